The molecule has 0 saturated carbocycles. The largest absolute Gasteiger partial charge is 0.494 e. The van der Waals surface area contributed by atoms with Crippen LogP contribution in [0.3, 0.4) is 0 Å². The van der Waals surface area contributed by atoms with E-state index in [9.17, 15) is 14.0 Å². The van der Waals surface area contributed by atoms with Crippen molar-refractivity contribution in [2.45, 2.75) is 39.5 Å². The second-order valence-corrected chi connectivity index (χ2v) is 10.3. The van der Waals surface area contributed by atoms with Gasteiger partial charge in [-0.05, 0) is 54.9 Å². The van der Waals surface area contributed by atoms with Gasteiger partial charge in [0.25, 0.3) is 11.5 Å². The Morgan fingerprint density at radius 3 is 2.87 bits per heavy atom. The van der Waals surface area contributed by atoms with E-state index in [2.05, 4.69) is 30.4 Å². The van der Waals surface area contributed by atoms with E-state index < -0.39 is 17.3 Å². The highest BCUT2D eigenvalue weighted by Gasteiger charge is 2.22. The van der Waals surface area contributed by atoms with Crippen molar-refractivity contribution in [3.8, 4) is 5.75 Å². The normalized spacial score (nSPS) is 14.6. The number of fused-ring (bicyclic) bond motifs is 1. The molecule has 2 N–H and O–H groups in total. The highest BCUT2D eigenvalue weighted by molar-refractivity contribution is 7.16. The standard InChI is InChI=1S/C26H29FN6O5S/c1-15-31-32-21(38-15)11-33-7-5-16(6-8-33)12-37-13-18-14-39-26-22(18)24(34)29-23(30-26)25(35)28-10-17-3-4-19(27)20(9-17)36-2/h3-4,9,14,16H,5-8,10-13H2,1-2H3,(H,28,35)(H,29,30,34). The summed E-state index contributed by atoms with van der Waals surface area (Å²) in [5.74, 6) is 0.624. The van der Waals surface area contributed by atoms with Crippen LogP contribution in [0.1, 0.15) is 46.4 Å². The monoisotopic (exact) mass is 556 g/mol. The lowest BCUT2D eigenvalue weighted by Gasteiger charge is -2.30. The summed E-state index contributed by atoms with van der Waals surface area (Å²) in [6.45, 7) is 5.32. The average Bonchev–Trinajstić information content (AvgIpc) is 3.54. The molecule has 0 unspecified atom stereocenters. The Kier molecular flexibility index (Phi) is 8.29. The molecule has 0 spiro atoms. The zero-order valence-electron chi connectivity index (χ0n) is 21.7. The Morgan fingerprint density at radius 1 is 1.31 bits per heavy atom. The van der Waals surface area contributed by atoms with Gasteiger partial charge in [0, 0.05) is 25.6 Å². The predicted molar refractivity (Wildman–Crippen MR) is 141 cm³/mol. The van der Waals surface area contributed by atoms with Crippen LogP contribution in [0.15, 0.2) is 32.8 Å². The Morgan fingerprint density at radius 2 is 2.13 bits per heavy atom. The number of aryl methyl sites for hydroxylation is 1. The second-order valence-electron chi connectivity index (χ2n) is 9.46. The molecule has 5 rings (SSSR count). The molecule has 1 aliphatic heterocycles. The van der Waals surface area contributed by atoms with Gasteiger partial charge in [-0.25, -0.2) is 9.37 Å². The van der Waals surface area contributed by atoms with Crippen molar-refractivity contribution in [1.29, 1.82) is 0 Å². The van der Waals surface area contributed by atoms with Crippen LogP contribution >= 0.6 is 11.3 Å². The fourth-order valence-electron chi connectivity index (χ4n) is 4.54. The first-order chi connectivity index (χ1) is 18.9. The summed E-state index contributed by atoms with van der Waals surface area (Å²) in [7, 11) is 1.37. The first-order valence-electron chi connectivity index (χ1n) is 12.6. The van der Waals surface area contributed by atoms with E-state index >= 15 is 0 Å². The van der Waals surface area contributed by atoms with Gasteiger partial charge in [-0.1, -0.05) is 6.07 Å². The van der Waals surface area contributed by atoms with Crippen LogP contribution in [-0.2, 0) is 24.4 Å². The molecular formula is C26H29FN6O5S. The number of halogens is 1. The lowest BCUT2D eigenvalue weighted by molar-refractivity contribution is 0.0550. The number of rotatable bonds is 10. The van der Waals surface area contributed by atoms with Crippen molar-refractivity contribution in [1.82, 2.24) is 30.4 Å². The molecule has 1 saturated heterocycles. The molecule has 13 heteroatoms. The average molecular weight is 557 g/mol. The minimum Gasteiger partial charge on any atom is -0.494 e. The predicted octanol–water partition coefficient (Wildman–Crippen LogP) is 3.18. The number of carbonyl (C=O) groups excluding carboxylic acids is 1. The van der Waals surface area contributed by atoms with Gasteiger partial charge in [0.1, 0.15) is 4.83 Å². The zero-order valence-corrected chi connectivity index (χ0v) is 22.5. The number of thiophene rings is 1. The Balaban J connectivity index is 1.12. The fraction of sp³-hybridized carbons (Fsp3) is 0.423. The maximum Gasteiger partial charge on any atom is 0.287 e. The number of nitrogens with zero attached hydrogens (tertiary/aromatic N) is 4. The molecule has 0 radical (unpaired) electrons. The number of benzene rings is 1. The summed E-state index contributed by atoms with van der Waals surface area (Å²) < 4.78 is 30.0. The number of likely N-dealkylation sites (tertiary alicyclic amines) is 1. The van der Waals surface area contributed by atoms with Crippen LogP contribution in [-0.4, -0.2) is 57.8 Å². The number of amides is 1. The molecular weight excluding hydrogens is 527 g/mol. The first-order valence-corrected chi connectivity index (χ1v) is 13.5. The number of carbonyl (C=O) groups is 1. The van der Waals surface area contributed by atoms with Gasteiger partial charge in [0.2, 0.25) is 17.6 Å². The molecule has 0 bridgehead atoms. The Labute approximate surface area is 227 Å². The number of aromatic nitrogens is 4. The quantitative estimate of drug-likeness (QED) is 0.302. The first kappa shape index (κ1) is 26.9. The summed E-state index contributed by atoms with van der Waals surface area (Å²) in [6, 6.07) is 4.31. The van der Waals surface area contributed by atoms with E-state index in [0.29, 0.717) is 53.2 Å². The molecule has 4 heterocycles. The number of ether oxygens (including phenoxy) is 2. The molecule has 1 aromatic carbocycles. The number of methoxy groups -OCH3 is 1. The fourth-order valence-corrected chi connectivity index (χ4v) is 5.47. The molecule has 1 amide bonds. The van der Waals surface area contributed by atoms with E-state index in [0.717, 1.165) is 31.5 Å². The SMILES string of the molecule is COc1cc(CNC(=O)c2nc3scc(COCC4CCN(Cc5nnc(C)o5)CC4)c3c(=O)[nH]2)ccc1F. The summed E-state index contributed by atoms with van der Waals surface area (Å²) >= 11 is 1.29. The third-order valence-corrected chi connectivity index (χ3v) is 7.57. The van der Waals surface area contributed by atoms with Crippen LogP contribution in [0.5, 0.6) is 5.75 Å². The summed E-state index contributed by atoms with van der Waals surface area (Å²) in [5.41, 5.74) is 1.00. The number of nitrogens with one attached hydrogen (secondary N) is 2. The van der Waals surface area contributed by atoms with Crippen LogP contribution in [0, 0.1) is 18.7 Å². The highest BCUT2D eigenvalue weighted by atomic mass is 32.1. The number of piperidine rings is 1. The third-order valence-electron chi connectivity index (χ3n) is 6.65. The van der Waals surface area contributed by atoms with Gasteiger partial charge in [-0.2, -0.15) is 0 Å². The molecule has 1 fully saturated rings. The molecule has 11 nitrogen and oxygen atoms in total. The van der Waals surface area contributed by atoms with Crippen molar-refractivity contribution in [3.63, 3.8) is 0 Å². The van der Waals surface area contributed by atoms with E-state index in [1.807, 2.05) is 5.38 Å². The van der Waals surface area contributed by atoms with E-state index in [1.165, 1.54) is 30.6 Å². The molecule has 39 heavy (non-hydrogen) atoms. The molecule has 4 aromatic rings. The molecule has 3 aromatic heterocycles. The minimum atomic E-state index is -0.538. The van der Waals surface area contributed by atoms with Crippen molar-refractivity contribution in [3.05, 3.63) is 68.5 Å². The summed E-state index contributed by atoms with van der Waals surface area (Å²) in [4.78, 5) is 35.1. The van der Waals surface area contributed by atoms with Crippen LogP contribution < -0.4 is 15.6 Å². The number of aromatic amines is 1. The maximum absolute atomic E-state index is 13.6. The Hall–Kier alpha value is -3.68. The van der Waals surface area contributed by atoms with Gasteiger partial charge < -0.3 is 24.2 Å². The number of hydrogen-bond donors (Lipinski definition) is 2. The third kappa shape index (κ3) is 6.49. The topological polar surface area (TPSA) is 135 Å². The molecule has 0 atom stereocenters. The molecule has 0 aliphatic carbocycles. The number of H-pyrrole nitrogens is 1. The second kappa shape index (κ2) is 12.0. The van der Waals surface area contributed by atoms with E-state index in [-0.39, 0.29) is 18.1 Å². The van der Waals surface area contributed by atoms with Crippen LogP contribution in [0.2, 0.25) is 0 Å². The van der Waals surface area contributed by atoms with Gasteiger partial charge in [0.05, 0.1) is 25.6 Å². The van der Waals surface area contributed by atoms with Crippen molar-refractivity contribution in [2.75, 3.05) is 26.8 Å². The van der Waals surface area contributed by atoms with Gasteiger partial charge in [-0.15, -0.1) is 21.5 Å². The van der Waals surface area contributed by atoms with E-state index in [4.69, 9.17) is 13.9 Å². The van der Waals surface area contributed by atoms with Crippen LogP contribution in [0.25, 0.3) is 10.2 Å². The zero-order chi connectivity index (χ0) is 27.4. The Bertz CT molecular complexity index is 1510. The van der Waals surface area contributed by atoms with Gasteiger partial charge in [-0.3, -0.25) is 14.5 Å². The van der Waals surface area contributed by atoms with Crippen molar-refractivity contribution >= 4 is 27.5 Å². The summed E-state index contributed by atoms with van der Waals surface area (Å²) in [6.07, 6.45) is 2.01. The van der Waals surface area contributed by atoms with Crippen molar-refractivity contribution in [2.24, 2.45) is 5.92 Å². The molecule has 206 valence electrons. The number of hydrogen-bond acceptors (Lipinski definition) is 10. The lowest BCUT2D eigenvalue weighted by Crippen LogP contribution is -2.34. The summed E-state index contributed by atoms with van der Waals surface area (Å²) in [5, 5.41) is 12.9. The lowest BCUT2D eigenvalue weighted by atomic mass is 9.98. The van der Waals surface area contributed by atoms with E-state index in [1.54, 1.807) is 13.0 Å². The highest BCUT2D eigenvalue weighted by Crippen LogP contribution is 2.24. The van der Waals surface area contributed by atoms with Gasteiger partial charge >= 0.3 is 0 Å². The minimum absolute atomic E-state index is 0.0849. The molecule has 1 aliphatic rings. The van der Waals surface area contributed by atoms with Gasteiger partial charge in [0.15, 0.2) is 11.6 Å². The maximum atomic E-state index is 13.6. The smallest absolute Gasteiger partial charge is 0.287 e. The van der Waals surface area contributed by atoms with Crippen LogP contribution in [0.4, 0.5) is 4.39 Å². The van der Waals surface area contributed by atoms with Crippen molar-refractivity contribution < 1.29 is 23.1 Å².